The van der Waals surface area contributed by atoms with Gasteiger partial charge in [-0.2, -0.15) is 0 Å². The van der Waals surface area contributed by atoms with Crippen LogP contribution in [0.15, 0.2) is 30.3 Å². The summed E-state index contributed by atoms with van der Waals surface area (Å²) in [4.78, 5) is 14.1. The van der Waals surface area contributed by atoms with Gasteiger partial charge in [0, 0.05) is 13.6 Å². The average molecular weight is 274 g/mol. The molecule has 0 saturated carbocycles. The molecule has 1 saturated heterocycles. The zero-order chi connectivity index (χ0) is 14.2. The first kappa shape index (κ1) is 15.0. The molecule has 1 aromatic carbocycles. The van der Waals surface area contributed by atoms with Crippen LogP contribution in [0.25, 0.3) is 0 Å². The van der Waals surface area contributed by atoms with Crippen LogP contribution >= 0.6 is 0 Å². The third-order valence-corrected chi connectivity index (χ3v) is 4.04. The van der Waals surface area contributed by atoms with E-state index in [2.05, 4.69) is 29.6 Å². The first-order valence-corrected chi connectivity index (χ1v) is 7.79. The maximum Gasteiger partial charge on any atom is 0.239 e. The average Bonchev–Trinajstić information content (AvgIpc) is 2.52. The summed E-state index contributed by atoms with van der Waals surface area (Å²) in [6, 6.07) is 10.6. The van der Waals surface area contributed by atoms with Crippen molar-refractivity contribution in [2.24, 2.45) is 0 Å². The molecule has 20 heavy (non-hydrogen) atoms. The molecule has 110 valence electrons. The molecular formula is C17H26N2O. The number of aryl methyl sites for hydroxylation is 1. The summed E-state index contributed by atoms with van der Waals surface area (Å²) < 4.78 is 0. The minimum atomic E-state index is 0.0582. The fraction of sp³-hybridized carbons (Fsp3) is 0.588. The molecule has 1 aromatic rings. The van der Waals surface area contributed by atoms with Crippen molar-refractivity contribution in [1.82, 2.24) is 10.2 Å². The Balaban J connectivity index is 1.64. The van der Waals surface area contributed by atoms with Gasteiger partial charge < -0.3 is 10.2 Å². The fourth-order valence-corrected chi connectivity index (χ4v) is 2.76. The Bertz CT molecular complexity index is 399. The number of piperidine rings is 1. The number of unbranched alkanes of at least 4 members (excludes halogenated alkanes) is 1. The number of carbonyl (C=O) groups is 1. The number of amides is 1. The standard InChI is InChI=1S/C17H26N2O/c1-19(17(20)16-12-5-7-13-18-16)14-8-6-11-15-9-3-2-4-10-15/h2-4,9-10,16,18H,5-8,11-14H2,1H3/t16-/m1/s1. The van der Waals surface area contributed by atoms with Crippen molar-refractivity contribution in [3.63, 3.8) is 0 Å². The van der Waals surface area contributed by atoms with Crippen LogP contribution in [-0.4, -0.2) is 37.0 Å². The van der Waals surface area contributed by atoms with E-state index in [1.165, 1.54) is 18.4 Å². The van der Waals surface area contributed by atoms with Gasteiger partial charge in [-0.1, -0.05) is 36.8 Å². The molecule has 1 aliphatic heterocycles. The lowest BCUT2D eigenvalue weighted by Crippen LogP contribution is -2.47. The number of hydrogen-bond acceptors (Lipinski definition) is 2. The zero-order valence-corrected chi connectivity index (χ0v) is 12.5. The van der Waals surface area contributed by atoms with Crippen molar-refractivity contribution < 1.29 is 4.79 Å². The summed E-state index contributed by atoms with van der Waals surface area (Å²) in [7, 11) is 1.93. The number of rotatable bonds is 6. The molecule has 0 radical (unpaired) electrons. The van der Waals surface area contributed by atoms with E-state index in [1.807, 2.05) is 18.0 Å². The lowest BCUT2D eigenvalue weighted by molar-refractivity contribution is -0.132. The smallest absolute Gasteiger partial charge is 0.239 e. The third kappa shape index (κ3) is 4.64. The van der Waals surface area contributed by atoms with Gasteiger partial charge in [0.1, 0.15) is 0 Å². The van der Waals surface area contributed by atoms with E-state index in [0.29, 0.717) is 0 Å². The van der Waals surface area contributed by atoms with Gasteiger partial charge >= 0.3 is 0 Å². The maximum atomic E-state index is 12.2. The predicted molar refractivity (Wildman–Crippen MR) is 82.7 cm³/mol. The molecule has 0 aromatic heterocycles. The number of likely N-dealkylation sites (N-methyl/N-ethyl adjacent to an activating group) is 1. The van der Waals surface area contributed by atoms with Crippen molar-refractivity contribution in [3.05, 3.63) is 35.9 Å². The monoisotopic (exact) mass is 274 g/mol. The maximum absolute atomic E-state index is 12.2. The number of carbonyl (C=O) groups excluding carboxylic acids is 1. The summed E-state index contributed by atoms with van der Waals surface area (Å²) in [5.74, 6) is 0.268. The molecule has 1 heterocycles. The van der Waals surface area contributed by atoms with E-state index in [0.717, 1.165) is 38.8 Å². The van der Waals surface area contributed by atoms with Crippen molar-refractivity contribution in [2.45, 2.75) is 44.6 Å². The van der Waals surface area contributed by atoms with Crippen molar-refractivity contribution >= 4 is 5.91 Å². The number of nitrogens with one attached hydrogen (secondary N) is 1. The van der Waals surface area contributed by atoms with Crippen LogP contribution in [0.2, 0.25) is 0 Å². The molecule has 3 nitrogen and oxygen atoms in total. The second-order valence-corrected chi connectivity index (χ2v) is 5.70. The van der Waals surface area contributed by atoms with Crippen LogP contribution in [0, 0.1) is 0 Å². The minimum absolute atomic E-state index is 0.0582. The Morgan fingerprint density at radius 2 is 2.05 bits per heavy atom. The summed E-state index contributed by atoms with van der Waals surface area (Å²) >= 11 is 0. The van der Waals surface area contributed by atoms with Crippen LogP contribution in [-0.2, 0) is 11.2 Å². The zero-order valence-electron chi connectivity index (χ0n) is 12.5. The number of benzene rings is 1. The molecular weight excluding hydrogens is 248 g/mol. The lowest BCUT2D eigenvalue weighted by Gasteiger charge is -2.27. The predicted octanol–water partition coefficient (Wildman–Crippen LogP) is 2.61. The minimum Gasteiger partial charge on any atom is -0.344 e. The Morgan fingerprint density at radius 3 is 2.75 bits per heavy atom. The van der Waals surface area contributed by atoms with Gasteiger partial charge in [0.25, 0.3) is 0 Å². The van der Waals surface area contributed by atoms with Gasteiger partial charge in [-0.3, -0.25) is 4.79 Å². The molecule has 0 bridgehead atoms. The van der Waals surface area contributed by atoms with E-state index < -0.39 is 0 Å². The van der Waals surface area contributed by atoms with Gasteiger partial charge in [0.05, 0.1) is 6.04 Å². The van der Waals surface area contributed by atoms with Crippen LogP contribution in [0.4, 0.5) is 0 Å². The highest BCUT2D eigenvalue weighted by atomic mass is 16.2. The molecule has 2 rings (SSSR count). The Hall–Kier alpha value is -1.35. The molecule has 0 spiro atoms. The van der Waals surface area contributed by atoms with E-state index >= 15 is 0 Å². The molecule has 0 unspecified atom stereocenters. The highest BCUT2D eigenvalue weighted by Crippen LogP contribution is 2.10. The molecule has 1 fully saturated rings. The van der Waals surface area contributed by atoms with E-state index in [1.54, 1.807) is 0 Å². The van der Waals surface area contributed by atoms with Gasteiger partial charge in [0.2, 0.25) is 5.91 Å². The van der Waals surface area contributed by atoms with Crippen LogP contribution in [0.5, 0.6) is 0 Å². The van der Waals surface area contributed by atoms with Crippen molar-refractivity contribution in [2.75, 3.05) is 20.1 Å². The first-order chi connectivity index (χ1) is 9.77. The van der Waals surface area contributed by atoms with E-state index in [4.69, 9.17) is 0 Å². The SMILES string of the molecule is CN(CCCCc1ccccc1)C(=O)[C@H]1CCCCN1. The first-order valence-electron chi connectivity index (χ1n) is 7.79. The fourth-order valence-electron chi connectivity index (χ4n) is 2.76. The van der Waals surface area contributed by atoms with Crippen molar-refractivity contribution in [3.8, 4) is 0 Å². The molecule has 3 heteroatoms. The van der Waals surface area contributed by atoms with Crippen LogP contribution < -0.4 is 5.32 Å². The van der Waals surface area contributed by atoms with Gasteiger partial charge in [-0.25, -0.2) is 0 Å². The normalized spacial score (nSPS) is 18.8. The largest absolute Gasteiger partial charge is 0.344 e. The van der Waals surface area contributed by atoms with Gasteiger partial charge in [-0.05, 0) is 44.2 Å². The summed E-state index contributed by atoms with van der Waals surface area (Å²) in [6.45, 7) is 1.85. The lowest BCUT2D eigenvalue weighted by atomic mass is 10.0. The molecule has 0 aliphatic carbocycles. The quantitative estimate of drug-likeness (QED) is 0.809. The van der Waals surface area contributed by atoms with E-state index in [9.17, 15) is 4.79 Å². The number of hydrogen-bond donors (Lipinski definition) is 1. The van der Waals surface area contributed by atoms with Gasteiger partial charge in [-0.15, -0.1) is 0 Å². The summed E-state index contributed by atoms with van der Waals surface area (Å²) in [6.07, 6.45) is 6.68. The second-order valence-electron chi connectivity index (χ2n) is 5.70. The highest BCUT2D eigenvalue weighted by Gasteiger charge is 2.22. The molecule has 1 N–H and O–H groups in total. The van der Waals surface area contributed by atoms with E-state index in [-0.39, 0.29) is 11.9 Å². The molecule has 1 aliphatic rings. The van der Waals surface area contributed by atoms with Crippen LogP contribution in [0.1, 0.15) is 37.7 Å². The topological polar surface area (TPSA) is 32.3 Å². The molecule has 1 amide bonds. The molecule has 1 atom stereocenters. The van der Waals surface area contributed by atoms with Crippen LogP contribution in [0.3, 0.4) is 0 Å². The summed E-state index contributed by atoms with van der Waals surface area (Å²) in [5, 5.41) is 3.32. The van der Waals surface area contributed by atoms with Gasteiger partial charge in [0.15, 0.2) is 0 Å². The highest BCUT2D eigenvalue weighted by molar-refractivity contribution is 5.81. The Kier molecular flexibility index (Phi) is 6.06. The number of nitrogens with zero attached hydrogens (tertiary/aromatic N) is 1. The Labute approximate surface area is 122 Å². The third-order valence-electron chi connectivity index (χ3n) is 4.04. The Morgan fingerprint density at radius 1 is 1.25 bits per heavy atom. The van der Waals surface area contributed by atoms with Crippen molar-refractivity contribution in [1.29, 1.82) is 0 Å². The second kappa shape index (κ2) is 8.05. The summed E-state index contributed by atoms with van der Waals surface area (Å²) in [5.41, 5.74) is 1.38.